The zero-order valence-electron chi connectivity index (χ0n) is 10.4. The second kappa shape index (κ2) is 5.57. The Bertz CT molecular complexity index is 562. The maximum atomic E-state index is 12.0. The summed E-state index contributed by atoms with van der Waals surface area (Å²) in [5.74, 6) is 0. The van der Waals surface area contributed by atoms with E-state index in [1.165, 1.54) is 14.1 Å². The highest BCUT2D eigenvalue weighted by molar-refractivity contribution is 5.01. The topological polar surface area (TPSA) is 76.3 Å². The van der Waals surface area contributed by atoms with Crippen molar-refractivity contribution < 1.29 is 18.3 Å². The van der Waals surface area contributed by atoms with Crippen LogP contribution < -0.4 is 16.6 Å². The quantitative estimate of drug-likeness (QED) is 0.749. The molecule has 9 heteroatoms. The van der Waals surface area contributed by atoms with Crippen LogP contribution in [0.1, 0.15) is 5.69 Å². The Hall–Kier alpha value is -1.61. The van der Waals surface area contributed by atoms with Crippen LogP contribution in [-0.4, -0.2) is 33.1 Å². The second-order valence-corrected chi connectivity index (χ2v) is 4.06. The van der Waals surface area contributed by atoms with Crippen molar-refractivity contribution in [2.24, 2.45) is 14.1 Å². The summed E-state index contributed by atoms with van der Waals surface area (Å²) in [6.07, 6.45) is -7.19. The van der Waals surface area contributed by atoms with Crippen LogP contribution in [-0.2, 0) is 20.6 Å². The highest BCUT2D eigenvalue weighted by Crippen LogP contribution is 2.19. The summed E-state index contributed by atoms with van der Waals surface area (Å²) >= 11 is 0. The second-order valence-electron chi connectivity index (χ2n) is 4.06. The van der Waals surface area contributed by atoms with E-state index >= 15 is 0 Å². The lowest BCUT2D eigenvalue weighted by molar-refractivity contribution is -0.201. The minimum absolute atomic E-state index is 0.130. The first-order valence-electron chi connectivity index (χ1n) is 5.36. The minimum Gasteiger partial charge on any atom is -0.382 e. The number of aliphatic hydroxyl groups is 1. The Balaban J connectivity index is 2.75. The molecule has 0 saturated carbocycles. The molecule has 1 rings (SSSR count). The standard InChI is InChI=1S/C10H14F3N3O3/c1-15-6(3-8(18)16(2)9(15)19)4-14-5-7(17)10(11,12)13/h3,7,14,17H,4-5H2,1-2H3. The van der Waals surface area contributed by atoms with Crippen LogP contribution in [0.15, 0.2) is 15.7 Å². The van der Waals surface area contributed by atoms with Crippen LogP contribution in [0.25, 0.3) is 0 Å². The molecule has 0 radical (unpaired) electrons. The first-order chi connectivity index (χ1) is 8.64. The number of nitrogens with zero attached hydrogens (tertiary/aromatic N) is 2. The number of alkyl halides is 3. The van der Waals surface area contributed by atoms with E-state index < -0.39 is 30.1 Å². The lowest BCUT2D eigenvalue weighted by atomic mass is 10.3. The highest BCUT2D eigenvalue weighted by atomic mass is 19.4. The molecular weight excluding hydrogens is 267 g/mol. The smallest absolute Gasteiger partial charge is 0.382 e. The number of hydrogen-bond acceptors (Lipinski definition) is 4. The van der Waals surface area contributed by atoms with E-state index in [1.54, 1.807) is 0 Å². The van der Waals surface area contributed by atoms with Gasteiger partial charge in [0.15, 0.2) is 6.10 Å². The fraction of sp³-hybridized carbons (Fsp3) is 0.600. The fourth-order valence-electron chi connectivity index (χ4n) is 1.40. The van der Waals surface area contributed by atoms with Gasteiger partial charge >= 0.3 is 11.9 Å². The number of aliphatic hydroxyl groups excluding tert-OH is 1. The minimum atomic E-state index is -4.70. The third-order valence-electron chi connectivity index (χ3n) is 2.65. The molecule has 1 atom stereocenters. The average Bonchev–Trinajstić information content (AvgIpc) is 2.31. The molecule has 1 aromatic heterocycles. The SMILES string of the molecule is Cn1c(CNCC(O)C(F)(F)F)cc(=O)n(C)c1=O. The van der Waals surface area contributed by atoms with Gasteiger partial charge in [-0.3, -0.25) is 13.9 Å². The van der Waals surface area contributed by atoms with Crippen molar-refractivity contribution >= 4 is 0 Å². The molecule has 108 valence electrons. The number of aromatic nitrogens is 2. The van der Waals surface area contributed by atoms with E-state index in [0.717, 1.165) is 15.2 Å². The average molecular weight is 281 g/mol. The van der Waals surface area contributed by atoms with Gasteiger partial charge in [-0.15, -0.1) is 0 Å². The maximum Gasteiger partial charge on any atom is 0.415 e. The zero-order chi connectivity index (χ0) is 14.8. The summed E-state index contributed by atoms with van der Waals surface area (Å²) in [5.41, 5.74) is -0.876. The Labute approximate surface area is 106 Å². The zero-order valence-corrected chi connectivity index (χ0v) is 10.4. The molecule has 0 fully saturated rings. The Kier molecular flexibility index (Phi) is 4.53. The van der Waals surface area contributed by atoms with Crippen LogP contribution >= 0.6 is 0 Å². The van der Waals surface area contributed by atoms with Crippen LogP contribution in [0.4, 0.5) is 13.2 Å². The Morgan fingerprint density at radius 3 is 2.42 bits per heavy atom. The van der Waals surface area contributed by atoms with E-state index in [-0.39, 0.29) is 12.2 Å². The van der Waals surface area contributed by atoms with Crippen molar-refractivity contribution in [1.29, 1.82) is 0 Å². The monoisotopic (exact) mass is 281 g/mol. The van der Waals surface area contributed by atoms with Crippen LogP contribution in [0.5, 0.6) is 0 Å². The molecule has 6 nitrogen and oxygen atoms in total. The van der Waals surface area contributed by atoms with E-state index in [2.05, 4.69) is 5.32 Å². The maximum absolute atomic E-state index is 12.0. The third-order valence-corrected chi connectivity index (χ3v) is 2.65. The largest absolute Gasteiger partial charge is 0.415 e. The van der Waals surface area contributed by atoms with E-state index in [9.17, 15) is 22.8 Å². The summed E-state index contributed by atoms with van der Waals surface area (Å²) in [6.45, 7) is -0.845. The molecule has 1 aromatic rings. The van der Waals surface area contributed by atoms with Gasteiger partial charge in [-0.25, -0.2) is 4.79 Å². The van der Waals surface area contributed by atoms with E-state index in [4.69, 9.17) is 5.11 Å². The molecule has 2 N–H and O–H groups in total. The molecular formula is C10H14F3N3O3. The third kappa shape index (κ3) is 3.67. The normalized spacial score (nSPS) is 13.6. The molecule has 0 aromatic carbocycles. The molecule has 0 spiro atoms. The van der Waals surface area contributed by atoms with E-state index in [1.807, 2.05) is 0 Å². The van der Waals surface area contributed by atoms with Crippen LogP contribution in [0.2, 0.25) is 0 Å². The van der Waals surface area contributed by atoms with Gasteiger partial charge in [-0.05, 0) is 0 Å². The van der Waals surface area contributed by atoms with Crippen molar-refractivity contribution in [3.63, 3.8) is 0 Å². The van der Waals surface area contributed by atoms with Gasteiger partial charge in [0.05, 0.1) is 0 Å². The lowest BCUT2D eigenvalue weighted by Crippen LogP contribution is -2.41. The molecule has 0 aliphatic heterocycles. The van der Waals surface area contributed by atoms with E-state index in [0.29, 0.717) is 0 Å². The fourth-order valence-corrected chi connectivity index (χ4v) is 1.40. The molecule has 19 heavy (non-hydrogen) atoms. The Morgan fingerprint density at radius 2 is 1.89 bits per heavy atom. The van der Waals surface area contributed by atoms with Crippen molar-refractivity contribution in [3.05, 3.63) is 32.6 Å². The van der Waals surface area contributed by atoms with Crippen molar-refractivity contribution in [2.75, 3.05) is 6.54 Å². The number of nitrogens with one attached hydrogen (secondary N) is 1. The van der Waals surface area contributed by atoms with Gasteiger partial charge in [-0.1, -0.05) is 0 Å². The first-order valence-corrected chi connectivity index (χ1v) is 5.36. The summed E-state index contributed by atoms with van der Waals surface area (Å²) in [5, 5.41) is 11.1. The molecule has 1 unspecified atom stereocenters. The molecule has 0 amide bonds. The van der Waals surface area contributed by atoms with Gasteiger partial charge in [0.1, 0.15) is 0 Å². The molecule has 0 aliphatic rings. The molecule has 1 heterocycles. The summed E-state index contributed by atoms with van der Waals surface area (Å²) < 4.78 is 38.1. The first kappa shape index (κ1) is 15.4. The molecule has 0 bridgehead atoms. The predicted octanol–water partition coefficient (Wildman–Crippen LogP) is -0.903. The van der Waals surface area contributed by atoms with Gasteiger partial charge in [0.25, 0.3) is 5.56 Å². The van der Waals surface area contributed by atoms with Gasteiger partial charge < -0.3 is 10.4 Å². The highest BCUT2D eigenvalue weighted by Gasteiger charge is 2.37. The predicted molar refractivity (Wildman–Crippen MR) is 60.7 cm³/mol. The van der Waals surface area contributed by atoms with Gasteiger partial charge in [-0.2, -0.15) is 13.2 Å². The van der Waals surface area contributed by atoms with Gasteiger partial charge in [0.2, 0.25) is 0 Å². The van der Waals surface area contributed by atoms with Crippen molar-refractivity contribution in [3.8, 4) is 0 Å². The lowest BCUT2D eigenvalue weighted by Gasteiger charge is -2.16. The Morgan fingerprint density at radius 1 is 1.32 bits per heavy atom. The molecule has 0 aliphatic carbocycles. The summed E-state index contributed by atoms with van der Waals surface area (Å²) in [6, 6.07) is 1.15. The van der Waals surface area contributed by atoms with Crippen LogP contribution in [0, 0.1) is 0 Å². The number of hydrogen-bond donors (Lipinski definition) is 2. The molecule has 0 saturated heterocycles. The van der Waals surface area contributed by atoms with Crippen molar-refractivity contribution in [1.82, 2.24) is 14.5 Å². The summed E-state index contributed by atoms with van der Waals surface area (Å²) in [7, 11) is 2.70. The summed E-state index contributed by atoms with van der Waals surface area (Å²) in [4.78, 5) is 22.9. The number of halogens is 3. The number of rotatable bonds is 4. The van der Waals surface area contributed by atoms with Gasteiger partial charge in [0, 0.05) is 38.9 Å². The van der Waals surface area contributed by atoms with Crippen LogP contribution in [0.3, 0.4) is 0 Å². The van der Waals surface area contributed by atoms with Crippen molar-refractivity contribution in [2.45, 2.75) is 18.8 Å².